The van der Waals surface area contributed by atoms with Crippen molar-refractivity contribution in [1.82, 2.24) is 0 Å². The number of carbonyl (C=O) groups is 1. The minimum atomic E-state index is -0.297. The summed E-state index contributed by atoms with van der Waals surface area (Å²) in [5.74, 6) is -0.351. The third kappa shape index (κ3) is 3.61. The van der Waals surface area contributed by atoms with Crippen LogP contribution in [-0.2, 0) is 11.4 Å². The summed E-state index contributed by atoms with van der Waals surface area (Å²) in [6.45, 7) is 3.92. The smallest absolute Gasteiger partial charge is 0.191 e. The van der Waals surface area contributed by atoms with Crippen LogP contribution < -0.4 is 0 Å². The quantitative estimate of drug-likeness (QED) is 0.580. The highest BCUT2D eigenvalue weighted by Crippen LogP contribution is 2.27. The molecule has 0 aliphatic heterocycles. The average molecular weight is 350 g/mol. The lowest BCUT2D eigenvalue weighted by Gasteiger charge is -2.19. The molecule has 0 aromatic heterocycles. The Bertz CT molecular complexity index is 912. The van der Waals surface area contributed by atoms with E-state index in [1.165, 1.54) is 12.1 Å². The van der Waals surface area contributed by atoms with E-state index in [0.717, 1.165) is 12.0 Å². The van der Waals surface area contributed by atoms with Gasteiger partial charge in [-0.15, -0.1) is 0 Å². The molecule has 3 rings (SSSR count). The Balaban J connectivity index is 1.95. The minimum absolute atomic E-state index is 0.0543. The molecule has 0 N–H and O–H groups in total. The van der Waals surface area contributed by atoms with Crippen molar-refractivity contribution in [3.8, 4) is 0 Å². The van der Waals surface area contributed by atoms with Gasteiger partial charge in [0.15, 0.2) is 5.78 Å². The molecule has 0 radical (unpaired) electrons. The number of allylic oxidation sites excluding steroid dienone is 2. The van der Waals surface area contributed by atoms with Gasteiger partial charge in [-0.25, -0.2) is 4.39 Å². The Hall–Kier alpha value is -3.08. The lowest BCUT2D eigenvalue weighted by Crippen LogP contribution is -2.21. The summed E-state index contributed by atoms with van der Waals surface area (Å²) in [6, 6.07) is 13.3. The van der Waals surface area contributed by atoms with Gasteiger partial charge in [-0.2, -0.15) is 0 Å². The molecule has 0 saturated heterocycles. The molecule has 2 aromatic rings. The maximum absolute atomic E-state index is 13.0. The van der Waals surface area contributed by atoms with Gasteiger partial charge in [-0.1, -0.05) is 48.5 Å². The number of benzene rings is 2. The number of ketones is 1. The number of hydrogen-bond acceptors (Lipinski definition) is 4. The predicted octanol–water partition coefficient (Wildman–Crippen LogP) is 4.70. The summed E-state index contributed by atoms with van der Waals surface area (Å²) in [5, 5.41) is 4.26. The van der Waals surface area contributed by atoms with Crippen molar-refractivity contribution >= 4 is 17.7 Å². The maximum atomic E-state index is 13.0. The second-order valence-electron chi connectivity index (χ2n) is 5.91. The van der Waals surface area contributed by atoms with E-state index in [2.05, 4.69) is 10.1 Å². The predicted molar refractivity (Wildman–Crippen MR) is 100.0 cm³/mol. The average Bonchev–Trinajstić information content (AvgIpc) is 2.66. The summed E-state index contributed by atoms with van der Waals surface area (Å²) in [5.41, 5.74) is 3.68. The van der Waals surface area contributed by atoms with Gasteiger partial charge < -0.3 is 4.84 Å². The van der Waals surface area contributed by atoms with Crippen LogP contribution in [0.2, 0.25) is 0 Å². The first-order valence-electron chi connectivity index (χ1n) is 8.44. The minimum Gasteiger partial charge on any atom is -0.390 e. The topological polar surface area (TPSA) is 51.0 Å². The van der Waals surface area contributed by atoms with E-state index >= 15 is 0 Å². The number of halogens is 1. The Morgan fingerprint density at radius 3 is 2.46 bits per heavy atom. The molecule has 5 heteroatoms. The number of aliphatic imine (C=N–C) groups is 1. The number of nitrogens with zero attached hydrogens (tertiary/aromatic N) is 2. The lowest BCUT2D eigenvalue weighted by atomic mass is 9.87. The highest BCUT2D eigenvalue weighted by atomic mass is 19.1. The van der Waals surface area contributed by atoms with Gasteiger partial charge in [0.05, 0.1) is 5.70 Å². The number of carbonyl (C=O) groups excluding carboxylic acids is 1. The van der Waals surface area contributed by atoms with Crippen LogP contribution in [0.4, 0.5) is 4.39 Å². The monoisotopic (exact) mass is 350 g/mol. The summed E-state index contributed by atoms with van der Waals surface area (Å²) < 4.78 is 13.0. The highest BCUT2D eigenvalue weighted by molar-refractivity contribution is 6.28. The fourth-order valence-electron chi connectivity index (χ4n) is 2.69. The number of rotatable bonds is 5. The van der Waals surface area contributed by atoms with Crippen molar-refractivity contribution in [3.63, 3.8) is 0 Å². The molecular formula is C21H19FN2O2. The zero-order valence-electron chi connectivity index (χ0n) is 14.7. The van der Waals surface area contributed by atoms with Gasteiger partial charge in [-0.3, -0.25) is 9.79 Å². The summed E-state index contributed by atoms with van der Waals surface area (Å²) >= 11 is 0. The van der Waals surface area contributed by atoms with Crippen LogP contribution in [0.15, 0.2) is 69.9 Å². The zero-order valence-corrected chi connectivity index (χ0v) is 14.7. The normalized spacial score (nSPS) is 15.7. The van der Waals surface area contributed by atoms with Crippen molar-refractivity contribution in [2.45, 2.75) is 26.9 Å². The SMILES string of the molecule is CCC=NC1=C(C)C(=O)c2ccccc2/C1=N\OCc1ccc(F)cc1. The number of Topliss-reactive ketones (excluding diaryl/α,β-unsaturated/α-hetero) is 1. The Morgan fingerprint density at radius 2 is 1.77 bits per heavy atom. The van der Waals surface area contributed by atoms with E-state index in [-0.39, 0.29) is 18.2 Å². The molecule has 0 fully saturated rings. The van der Waals surface area contributed by atoms with Gasteiger partial charge >= 0.3 is 0 Å². The van der Waals surface area contributed by atoms with E-state index in [4.69, 9.17) is 4.84 Å². The van der Waals surface area contributed by atoms with Crippen molar-refractivity contribution in [3.05, 3.63) is 82.3 Å². The summed E-state index contributed by atoms with van der Waals surface area (Å²) in [7, 11) is 0. The van der Waals surface area contributed by atoms with Gasteiger partial charge in [0.2, 0.25) is 0 Å². The third-order valence-corrected chi connectivity index (χ3v) is 4.05. The molecule has 4 nitrogen and oxygen atoms in total. The van der Waals surface area contributed by atoms with E-state index < -0.39 is 0 Å². The van der Waals surface area contributed by atoms with Crippen LogP contribution in [0.1, 0.15) is 41.8 Å². The van der Waals surface area contributed by atoms with E-state index in [9.17, 15) is 9.18 Å². The van der Waals surface area contributed by atoms with Gasteiger partial charge in [0, 0.05) is 22.9 Å². The second-order valence-corrected chi connectivity index (χ2v) is 5.91. The molecule has 1 aliphatic carbocycles. The number of hydrogen-bond donors (Lipinski definition) is 0. The summed E-state index contributed by atoms with van der Waals surface area (Å²) in [4.78, 5) is 22.5. The molecule has 0 amide bonds. The molecule has 0 atom stereocenters. The van der Waals surface area contributed by atoms with E-state index in [1.54, 1.807) is 31.3 Å². The van der Waals surface area contributed by atoms with Gasteiger partial charge in [0.25, 0.3) is 0 Å². The molecule has 0 bridgehead atoms. The van der Waals surface area contributed by atoms with Crippen LogP contribution in [0.25, 0.3) is 0 Å². The van der Waals surface area contributed by atoms with Gasteiger partial charge in [-0.05, 0) is 31.0 Å². The fourth-order valence-corrected chi connectivity index (χ4v) is 2.69. The molecule has 0 unspecified atom stereocenters. The van der Waals surface area contributed by atoms with Crippen molar-refractivity contribution < 1.29 is 14.0 Å². The Labute approximate surface area is 151 Å². The molecule has 0 heterocycles. The summed E-state index contributed by atoms with van der Waals surface area (Å²) in [6.07, 6.45) is 2.49. The first-order valence-corrected chi connectivity index (χ1v) is 8.44. The maximum Gasteiger partial charge on any atom is 0.191 e. The molecule has 1 aliphatic rings. The number of fused-ring (bicyclic) bond motifs is 1. The van der Waals surface area contributed by atoms with Crippen molar-refractivity contribution in [1.29, 1.82) is 0 Å². The Kier molecular flexibility index (Phi) is 5.37. The van der Waals surface area contributed by atoms with Crippen LogP contribution in [0, 0.1) is 5.82 Å². The third-order valence-electron chi connectivity index (χ3n) is 4.05. The molecule has 2 aromatic carbocycles. The highest BCUT2D eigenvalue weighted by Gasteiger charge is 2.28. The zero-order chi connectivity index (χ0) is 18.5. The first kappa shape index (κ1) is 17.7. The fraction of sp³-hybridized carbons (Fsp3) is 0.190. The van der Waals surface area contributed by atoms with Gasteiger partial charge in [0.1, 0.15) is 18.1 Å². The van der Waals surface area contributed by atoms with Crippen molar-refractivity contribution in [2.24, 2.45) is 10.1 Å². The van der Waals surface area contributed by atoms with Crippen LogP contribution in [0.5, 0.6) is 0 Å². The standard InChI is InChI=1S/C21H19FN2O2/c1-3-12-23-19-14(2)21(25)18-7-5-4-6-17(18)20(19)24-26-13-15-8-10-16(22)11-9-15/h4-12H,3,13H2,1-2H3/b23-12?,24-20+. The molecule has 26 heavy (non-hydrogen) atoms. The second kappa shape index (κ2) is 7.87. The van der Waals surface area contributed by atoms with Crippen LogP contribution in [-0.4, -0.2) is 17.7 Å². The van der Waals surface area contributed by atoms with E-state index in [1.807, 2.05) is 25.1 Å². The molecule has 0 spiro atoms. The van der Waals surface area contributed by atoms with Crippen LogP contribution >= 0.6 is 0 Å². The number of oxime groups is 1. The molecule has 132 valence electrons. The van der Waals surface area contributed by atoms with Crippen molar-refractivity contribution in [2.75, 3.05) is 0 Å². The lowest BCUT2D eigenvalue weighted by molar-refractivity contribution is 0.103. The first-order chi connectivity index (χ1) is 12.6. The Morgan fingerprint density at radius 1 is 1.08 bits per heavy atom. The largest absolute Gasteiger partial charge is 0.390 e. The molecule has 0 saturated carbocycles. The van der Waals surface area contributed by atoms with Crippen LogP contribution in [0.3, 0.4) is 0 Å². The molecular weight excluding hydrogens is 331 g/mol. The van der Waals surface area contributed by atoms with E-state index in [0.29, 0.717) is 28.1 Å².